The zero-order valence-electron chi connectivity index (χ0n) is 12.7. The monoisotopic (exact) mass is 288 g/mol. The van der Waals surface area contributed by atoms with Gasteiger partial charge in [-0.15, -0.1) is 11.3 Å². The maximum Gasteiger partial charge on any atom is 0.108 e. The standard InChI is InChI=1S/C17H24N2S/c1-17(2,3)13-8-10-19(11-9-13)12-16-18-14-6-4-5-7-15(14)20-16/h4-7,13H,8-12H2,1-3H3. The molecule has 0 bridgehead atoms. The summed E-state index contributed by atoms with van der Waals surface area (Å²) in [5.41, 5.74) is 1.61. The van der Waals surface area contributed by atoms with Crippen molar-refractivity contribution in [2.75, 3.05) is 13.1 Å². The summed E-state index contributed by atoms with van der Waals surface area (Å²) in [5.74, 6) is 0.870. The third-order valence-corrected chi connectivity index (χ3v) is 5.53. The third kappa shape index (κ3) is 3.04. The first kappa shape index (κ1) is 14.0. The van der Waals surface area contributed by atoms with Crippen LogP contribution in [0, 0.1) is 11.3 Å². The second-order valence-electron chi connectivity index (χ2n) is 6.99. The fraction of sp³-hybridized carbons (Fsp3) is 0.588. The van der Waals surface area contributed by atoms with Crippen molar-refractivity contribution >= 4 is 21.6 Å². The number of fused-ring (bicyclic) bond motifs is 1. The van der Waals surface area contributed by atoms with Crippen LogP contribution in [0.5, 0.6) is 0 Å². The normalized spacial score (nSPS) is 18.8. The average Bonchev–Trinajstić information content (AvgIpc) is 2.80. The van der Waals surface area contributed by atoms with E-state index in [-0.39, 0.29) is 0 Å². The lowest BCUT2D eigenvalue weighted by molar-refractivity contribution is 0.108. The molecule has 0 unspecified atom stereocenters. The highest BCUT2D eigenvalue weighted by Gasteiger charge is 2.28. The molecule has 1 aromatic carbocycles. The minimum absolute atomic E-state index is 0.460. The zero-order valence-corrected chi connectivity index (χ0v) is 13.5. The SMILES string of the molecule is CC(C)(C)C1CCN(Cc2nc3ccccc3s2)CC1. The highest BCUT2D eigenvalue weighted by atomic mass is 32.1. The van der Waals surface area contributed by atoms with Crippen LogP contribution in [0.2, 0.25) is 0 Å². The Balaban J connectivity index is 1.62. The van der Waals surface area contributed by atoms with E-state index in [9.17, 15) is 0 Å². The van der Waals surface area contributed by atoms with E-state index in [1.54, 1.807) is 0 Å². The van der Waals surface area contributed by atoms with Gasteiger partial charge in [-0.3, -0.25) is 4.90 Å². The lowest BCUT2D eigenvalue weighted by Crippen LogP contribution is -2.37. The van der Waals surface area contributed by atoms with Gasteiger partial charge in [-0.25, -0.2) is 4.98 Å². The van der Waals surface area contributed by atoms with Gasteiger partial charge in [0.15, 0.2) is 0 Å². The van der Waals surface area contributed by atoms with E-state index < -0.39 is 0 Å². The van der Waals surface area contributed by atoms with Crippen molar-refractivity contribution in [2.45, 2.75) is 40.2 Å². The maximum atomic E-state index is 4.75. The summed E-state index contributed by atoms with van der Waals surface area (Å²) >= 11 is 1.84. The van der Waals surface area contributed by atoms with Crippen LogP contribution < -0.4 is 0 Å². The number of hydrogen-bond donors (Lipinski definition) is 0. The minimum Gasteiger partial charge on any atom is -0.297 e. The fourth-order valence-corrected chi connectivity index (χ4v) is 4.15. The molecule has 3 heteroatoms. The van der Waals surface area contributed by atoms with Crippen LogP contribution in [0.4, 0.5) is 0 Å². The quantitative estimate of drug-likeness (QED) is 0.805. The first-order valence-electron chi connectivity index (χ1n) is 7.59. The van der Waals surface area contributed by atoms with Gasteiger partial charge < -0.3 is 0 Å². The van der Waals surface area contributed by atoms with Crippen molar-refractivity contribution in [3.8, 4) is 0 Å². The topological polar surface area (TPSA) is 16.1 Å². The molecule has 0 amide bonds. The molecular weight excluding hydrogens is 264 g/mol. The Labute approximate surface area is 125 Å². The van der Waals surface area contributed by atoms with Gasteiger partial charge in [0, 0.05) is 0 Å². The van der Waals surface area contributed by atoms with Gasteiger partial charge in [0.2, 0.25) is 0 Å². The highest BCUT2D eigenvalue weighted by Crippen LogP contribution is 2.34. The number of nitrogens with zero attached hydrogens (tertiary/aromatic N) is 2. The zero-order chi connectivity index (χ0) is 14.2. The van der Waals surface area contributed by atoms with Crippen molar-refractivity contribution in [1.82, 2.24) is 9.88 Å². The largest absolute Gasteiger partial charge is 0.297 e. The molecule has 1 aliphatic rings. The number of thiazole rings is 1. The molecule has 0 atom stereocenters. The molecule has 0 N–H and O–H groups in total. The van der Waals surface area contributed by atoms with E-state index in [1.807, 2.05) is 11.3 Å². The smallest absolute Gasteiger partial charge is 0.108 e. The van der Waals surface area contributed by atoms with Gasteiger partial charge in [0.25, 0.3) is 0 Å². The van der Waals surface area contributed by atoms with Crippen molar-refractivity contribution in [3.05, 3.63) is 29.3 Å². The number of para-hydroxylation sites is 1. The Morgan fingerprint density at radius 1 is 1.20 bits per heavy atom. The van der Waals surface area contributed by atoms with Gasteiger partial charge >= 0.3 is 0 Å². The minimum atomic E-state index is 0.460. The third-order valence-electron chi connectivity index (χ3n) is 4.51. The molecule has 3 rings (SSSR count). The summed E-state index contributed by atoms with van der Waals surface area (Å²) in [5, 5.41) is 1.26. The van der Waals surface area contributed by atoms with E-state index in [2.05, 4.69) is 49.9 Å². The van der Waals surface area contributed by atoms with Crippen LogP contribution in [-0.2, 0) is 6.54 Å². The number of benzene rings is 1. The van der Waals surface area contributed by atoms with E-state index >= 15 is 0 Å². The first-order valence-corrected chi connectivity index (χ1v) is 8.41. The average molecular weight is 288 g/mol. The Bertz CT molecular complexity index is 541. The van der Waals surface area contributed by atoms with Crippen molar-refractivity contribution in [3.63, 3.8) is 0 Å². The van der Waals surface area contributed by atoms with Crippen LogP contribution in [0.15, 0.2) is 24.3 Å². The van der Waals surface area contributed by atoms with Crippen LogP contribution >= 0.6 is 11.3 Å². The Hall–Kier alpha value is -0.930. The van der Waals surface area contributed by atoms with Crippen LogP contribution in [0.3, 0.4) is 0 Å². The van der Waals surface area contributed by atoms with E-state index in [0.717, 1.165) is 18.0 Å². The Morgan fingerprint density at radius 2 is 1.90 bits per heavy atom. The van der Waals surface area contributed by atoms with E-state index in [4.69, 9.17) is 4.98 Å². The lowest BCUT2D eigenvalue weighted by Gasteiger charge is -2.38. The van der Waals surface area contributed by atoms with Gasteiger partial charge in [-0.1, -0.05) is 32.9 Å². The molecule has 1 aromatic heterocycles. The second kappa shape index (κ2) is 5.45. The molecule has 0 spiro atoms. The van der Waals surface area contributed by atoms with E-state index in [0.29, 0.717) is 5.41 Å². The maximum absolute atomic E-state index is 4.75. The summed E-state index contributed by atoms with van der Waals surface area (Å²) in [6.07, 6.45) is 2.66. The Kier molecular flexibility index (Phi) is 3.83. The number of aromatic nitrogens is 1. The molecule has 0 radical (unpaired) electrons. The predicted octanol–water partition coefficient (Wildman–Crippen LogP) is 4.55. The summed E-state index contributed by atoms with van der Waals surface area (Å²) in [4.78, 5) is 7.32. The van der Waals surface area contributed by atoms with E-state index in [1.165, 1.54) is 35.6 Å². The summed E-state index contributed by atoms with van der Waals surface area (Å²) in [6.45, 7) is 10.6. The molecule has 1 fully saturated rings. The number of hydrogen-bond acceptors (Lipinski definition) is 3. The van der Waals surface area contributed by atoms with Crippen LogP contribution in [0.1, 0.15) is 38.6 Å². The molecule has 0 aliphatic carbocycles. The molecule has 0 saturated carbocycles. The highest BCUT2D eigenvalue weighted by molar-refractivity contribution is 7.18. The molecule has 1 saturated heterocycles. The molecule has 2 aromatic rings. The van der Waals surface area contributed by atoms with Gasteiger partial charge in [-0.05, 0) is 49.4 Å². The second-order valence-corrected chi connectivity index (χ2v) is 8.11. The molecule has 108 valence electrons. The van der Waals surface area contributed by atoms with Crippen molar-refractivity contribution < 1.29 is 0 Å². The van der Waals surface area contributed by atoms with Crippen molar-refractivity contribution in [1.29, 1.82) is 0 Å². The van der Waals surface area contributed by atoms with Crippen molar-refractivity contribution in [2.24, 2.45) is 11.3 Å². The van der Waals surface area contributed by atoms with Crippen LogP contribution in [0.25, 0.3) is 10.2 Å². The lowest BCUT2D eigenvalue weighted by atomic mass is 9.75. The van der Waals surface area contributed by atoms with Gasteiger partial charge in [0.1, 0.15) is 5.01 Å². The van der Waals surface area contributed by atoms with Gasteiger partial charge in [-0.2, -0.15) is 0 Å². The molecule has 20 heavy (non-hydrogen) atoms. The number of piperidine rings is 1. The Morgan fingerprint density at radius 3 is 2.55 bits per heavy atom. The number of likely N-dealkylation sites (tertiary alicyclic amines) is 1. The first-order chi connectivity index (χ1) is 9.52. The predicted molar refractivity (Wildman–Crippen MR) is 87.1 cm³/mol. The molecule has 2 nitrogen and oxygen atoms in total. The molecular formula is C17H24N2S. The van der Waals surface area contributed by atoms with Gasteiger partial charge in [0.05, 0.1) is 16.8 Å². The molecule has 2 heterocycles. The number of rotatable bonds is 2. The summed E-state index contributed by atoms with van der Waals surface area (Å²) in [6, 6.07) is 8.45. The summed E-state index contributed by atoms with van der Waals surface area (Å²) < 4.78 is 1.31. The fourth-order valence-electron chi connectivity index (χ4n) is 3.14. The van der Waals surface area contributed by atoms with Crippen LogP contribution in [-0.4, -0.2) is 23.0 Å². The summed E-state index contributed by atoms with van der Waals surface area (Å²) in [7, 11) is 0. The molecule has 1 aliphatic heterocycles.